The minimum Gasteiger partial charge on any atom is -0.321 e. The van der Waals surface area contributed by atoms with E-state index in [9.17, 15) is 0 Å². The fourth-order valence-corrected chi connectivity index (χ4v) is 2.51. The highest BCUT2D eigenvalue weighted by Crippen LogP contribution is 2.32. The van der Waals surface area contributed by atoms with Crippen molar-refractivity contribution in [2.45, 2.75) is 64.8 Å². The molecular formula is C16H28ClN. The molecule has 0 atom stereocenters. The van der Waals surface area contributed by atoms with Gasteiger partial charge in [-0.1, -0.05) is 63.8 Å². The van der Waals surface area contributed by atoms with Gasteiger partial charge in [0, 0.05) is 5.54 Å². The van der Waals surface area contributed by atoms with Crippen LogP contribution in [0.1, 0.15) is 63.5 Å². The summed E-state index contributed by atoms with van der Waals surface area (Å²) >= 11 is 0. The lowest BCUT2D eigenvalue weighted by Crippen LogP contribution is -2.37. The van der Waals surface area contributed by atoms with Gasteiger partial charge in [-0.25, -0.2) is 0 Å². The molecule has 1 rings (SSSR count). The van der Waals surface area contributed by atoms with Crippen LogP contribution in [0.15, 0.2) is 24.3 Å². The number of hydrogen-bond donors (Lipinski definition) is 1. The van der Waals surface area contributed by atoms with Gasteiger partial charge in [0.15, 0.2) is 0 Å². The van der Waals surface area contributed by atoms with Crippen molar-refractivity contribution in [3.05, 3.63) is 35.4 Å². The van der Waals surface area contributed by atoms with E-state index in [0.717, 1.165) is 12.8 Å². The van der Waals surface area contributed by atoms with Crippen molar-refractivity contribution >= 4 is 12.4 Å². The molecule has 104 valence electrons. The Hall–Kier alpha value is -0.530. The molecule has 0 radical (unpaired) electrons. The van der Waals surface area contributed by atoms with Crippen LogP contribution < -0.4 is 5.73 Å². The van der Waals surface area contributed by atoms with Crippen LogP contribution in [0.2, 0.25) is 0 Å². The van der Waals surface area contributed by atoms with E-state index in [-0.39, 0.29) is 17.9 Å². The standard InChI is InChI=1S/C16H27N.ClH/c1-4-6-12-16(17,13-7-5-2)15-11-9-8-10-14(15)3;/h8-11H,4-7,12-13,17H2,1-3H3;1H. The van der Waals surface area contributed by atoms with Gasteiger partial charge in [0.1, 0.15) is 0 Å². The van der Waals surface area contributed by atoms with Crippen molar-refractivity contribution < 1.29 is 0 Å². The number of rotatable bonds is 7. The maximum Gasteiger partial charge on any atom is 0.0412 e. The largest absolute Gasteiger partial charge is 0.321 e. The Balaban J connectivity index is 0.00000289. The van der Waals surface area contributed by atoms with Gasteiger partial charge in [-0.3, -0.25) is 0 Å². The predicted octanol–water partition coefficient (Wildman–Crippen LogP) is 4.95. The fraction of sp³-hybridized carbons (Fsp3) is 0.625. The maximum atomic E-state index is 6.69. The highest BCUT2D eigenvalue weighted by molar-refractivity contribution is 5.85. The zero-order valence-electron chi connectivity index (χ0n) is 12.0. The second-order valence-corrected chi connectivity index (χ2v) is 5.18. The summed E-state index contributed by atoms with van der Waals surface area (Å²) in [5.41, 5.74) is 9.26. The second-order valence-electron chi connectivity index (χ2n) is 5.18. The maximum absolute atomic E-state index is 6.69. The first-order valence-electron chi connectivity index (χ1n) is 6.99. The molecule has 1 nitrogen and oxygen atoms in total. The number of benzene rings is 1. The smallest absolute Gasteiger partial charge is 0.0412 e. The van der Waals surface area contributed by atoms with E-state index in [1.807, 2.05) is 0 Å². The van der Waals surface area contributed by atoms with Gasteiger partial charge < -0.3 is 5.73 Å². The number of hydrogen-bond acceptors (Lipinski definition) is 1. The third-order valence-corrected chi connectivity index (χ3v) is 3.63. The summed E-state index contributed by atoms with van der Waals surface area (Å²) in [6, 6.07) is 8.59. The van der Waals surface area contributed by atoms with Gasteiger partial charge in [0.2, 0.25) is 0 Å². The quantitative estimate of drug-likeness (QED) is 0.745. The molecule has 2 N–H and O–H groups in total. The molecule has 0 heterocycles. The predicted molar refractivity (Wildman–Crippen MR) is 83.3 cm³/mol. The molecule has 0 aromatic heterocycles. The summed E-state index contributed by atoms with van der Waals surface area (Å²) in [5.74, 6) is 0. The summed E-state index contributed by atoms with van der Waals surface area (Å²) in [6.07, 6.45) is 7.08. The van der Waals surface area contributed by atoms with Crippen molar-refractivity contribution in [3.63, 3.8) is 0 Å². The third kappa shape index (κ3) is 4.62. The topological polar surface area (TPSA) is 26.0 Å². The van der Waals surface area contributed by atoms with Crippen molar-refractivity contribution in [3.8, 4) is 0 Å². The fourth-order valence-electron chi connectivity index (χ4n) is 2.51. The lowest BCUT2D eigenvalue weighted by molar-refractivity contribution is 0.352. The summed E-state index contributed by atoms with van der Waals surface area (Å²) < 4.78 is 0. The van der Waals surface area contributed by atoms with Crippen LogP contribution in [0.5, 0.6) is 0 Å². The highest BCUT2D eigenvalue weighted by atomic mass is 35.5. The first-order valence-corrected chi connectivity index (χ1v) is 6.99. The van der Waals surface area contributed by atoms with E-state index in [4.69, 9.17) is 5.73 Å². The van der Waals surface area contributed by atoms with Crippen LogP contribution in [-0.2, 0) is 5.54 Å². The highest BCUT2D eigenvalue weighted by Gasteiger charge is 2.27. The Bertz CT molecular complexity index is 328. The van der Waals surface area contributed by atoms with Crippen LogP contribution in [0.3, 0.4) is 0 Å². The zero-order valence-corrected chi connectivity index (χ0v) is 12.9. The Kier molecular flexibility index (Phi) is 8.30. The minimum absolute atomic E-state index is 0. The number of aryl methyl sites for hydroxylation is 1. The van der Waals surface area contributed by atoms with Crippen molar-refractivity contribution in [2.24, 2.45) is 5.73 Å². The van der Waals surface area contributed by atoms with Crippen LogP contribution >= 0.6 is 12.4 Å². The third-order valence-electron chi connectivity index (χ3n) is 3.63. The van der Waals surface area contributed by atoms with E-state index >= 15 is 0 Å². The van der Waals surface area contributed by atoms with E-state index in [1.54, 1.807) is 0 Å². The molecule has 0 spiro atoms. The molecule has 0 aliphatic rings. The van der Waals surface area contributed by atoms with E-state index in [1.165, 1.54) is 36.8 Å². The lowest BCUT2D eigenvalue weighted by atomic mass is 9.80. The number of nitrogens with two attached hydrogens (primary N) is 1. The van der Waals surface area contributed by atoms with Gasteiger partial charge >= 0.3 is 0 Å². The number of unbranched alkanes of at least 4 members (excludes halogenated alkanes) is 2. The molecule has 0 amide bonds. The summed E-state index contributed by atoms with van der Waals surface area (Å²) in [4.78, 5) is 0. The van der Waals surface area contributed by atoms with Crippen molar-refractivity contribution in [1.29, 1.82) is 0 Å². The Morgan fingerprint density at radius 2 is 1.50 bits per heavy atom. The number of halogens is 1. The summed E-state index contributed by atoms with van der Waals surface area (Å²) in [7, 11) is 0. The van der Waals surface area contributed by atoms with Gasteiger partial charge in [-0.15, -0.1) is 12.4 Å². The average molecular weight is 270 g/mol. The molecule has 1 aromatic rings. The van der Waals surface area contributed by atoms with Crippen molar-refractivity contribution in [1.82, 2.24) is 0 Å². The molecule has 2 heteroatoms. The molecule has 0 fully saturated rings. The monoisotopic (exact) mass is 269 g/mol. The van der Waals surface area contributed by atoms with Crippen LogP contribution in [0, 0.1) is 6.92 Å². The summed E-state index contributed by atoms with van der Waals surface area (Å²) in [5, 5.41) is 0. The molecule has 0 aliphatic carbocycles. The van der Waals surface area contributed by atoms with Gasteiger partial charge in [-0.05, 0) is 30.9 Å². The summed E-state index contributed by atoms with van der Waals surface area (Å²) in [6.45, 7) is 6.64. The van der Waals surface area contributed by atoms with Crippen molar-refractivity contribution in [2.75, 3.05) is 0 Å². The van der Waals surface area contributed by atoms with Gasteiger partial charge in [0.25, 0.3) is 0 Å². The van der Waals surface area contributed by atoms with E-state index < -0.39 is 0 Å². The molecule has 0 saturated carbocycles. The zero-order chi connectivity index (χ0) is 12.7. The van der Waals surface area contributed by atoms with Crippen LogP contribution in [0.25, 0.3) is 0 Å². The Morgan fingerprint density at radius 3 is 1.94 bits per heavy atom. The Morgan fingerprint density at radius 1 is 1.00 bits per heavy atom. The van der Waals surface area contributed by atoms with E-state index in [0.29, 0.717) is 0 Å². The first-order chi connectivity index (χ1) is 8.14. The molecule has 18 heavy (non-hydrogen) atoms. The normalized spacial score (nSPS) is 11.1. The molecule has 1 aromatic carbocycles. The molecule has 0 saturated heterocycles. The van der Waals surface area contributed by atoms with Crippen LogP contribution in [-0.4, -0.2) is 0 Å². The van der Waals surface area contributed by atoms with Crippen LogP contribution in [0.4, 0.5) is 0 Å². The lowest BCUT2D eigenvalue weighted by Gasteiger charge is -2.31. The van der Waals surface area contributed by atoms with Gasteiger partial charge in [0.05, 0.1) is 0 Å². The average Bonchev–Trinajstić information content (AvgIpc) is 2.34. The molecule has 0 bridgehead atoms. The Labute approximate surface area is 119 Å². The molecule has 0 unspecified atom stereocenters. The first kappa shape index (κ1) is 17.5. The second kappa shape index (κ2) is 8.55. The SMILES string of the molecule is CCCCC(N)(CCCC)c1ccccc1C.Cl. The van der Waals surface area contributed by atoms with E-state index in [2.05, 4.69) is 45.0 Å². The molecular weight excluding hydrogens is 242 g/mol. The van der Waals surface area contributed by atoms with Gasteiger partial charge in [-0.2, -0.15) is 0 Å². The minimum atomic E-state index is -0.114. The molecule has 0 aliphatic heterocycles.